The zero-order valence-electron chi connectivity index (χ0n) is 15.7. The van der Waals surface area contributed by atoms with E-state index in [0.29, 0.717) is 24.5 Å². The molecule has 1 aliphatic heterocycles. The summed E-state index contributed by atoms with van der Waals surface area (Å²) in [7, 11) is 7.78. The minimum absolute atomic E-state index is 0.0375. The van der Waals surface area contributed by atoms with Crippen LogP contribution in [-0.4, -0.2) is 68.4 Å². The molecule has 2 heterocycles. The summed E-state index contributed by atoms with van der Waals surface area (Å²) < 4.78 is 5.88. The molecule has 1 aromatic heterocycles. The second-order valence-electron chi connectivity index (χ2n) is 6.85. The number of aromatic nitrogens is 2. The van der Waals surface area contributed by atoms with Crippen molar-refractivity contribution in [1.29, 1.82) is 0 Å². The molecule has 2 aromatic rings. The molecule has 7 nitrogen and oxygen atoms in total. The summed E-state index contributed by atoms with van der Waals surface area (Å²) in [6, 6.07) is 11.3. The number of anilines is 2. The molecule has 0 saturated carbocycles. The quantitative estimate of drug-likeness (QED) is 0.816. The van der Waals surface area contributed by atoms with E-state index < -0.39 is 0 Å². The third-order valence-electron chi connectivity index (χ3n) is 4.43. The van der Waals surface area contributed by atoms with Crippen LogP contribution in [0.25, 0.3) is 0 Å². The van der Waals surface area contributed by atoms with E-state index in [1.165, 1.54) is 0 Å². The number of ether oxygens (including phenoxy) is 1. The van der Waals surface area contributed by atoms with Crippen LogP contribution in [-0.2, 0) is 0 Å². The first-order valence-corrected chi connectivity index (χ1v) is 8.68. The maximum Gasteiger partial charge on any atom is 0.253 e. The zero-order valence-corrected chi connectivity index (χ0v) is 15.7. The number of likely N-dealkylation sites (tertiary alicyclic amines) is 1. The monoisotopic (exact) mass is 355 g/mol. The number of carbonyl (C=O) groups excluding carboxylic acids is 1. The normalized spacial score (nSPS) is 16.5. The third-order valence-corrected chi connectivity index (χ3v) is 4.43. The van der Waals surface area contributed by atoms with Gasteiger partial charge in [0, 0.05) is 58.5 Å². The van der Waals surface area contributed by atoms with E-state index in [-0.39, 0.29) is 12.0 Å². The van der Waals surface area contributed by atoms with Gasteiger partial charge in [-0.3, -0.25) is 4.79 Å². The van der Waals surface area contributed by atoms with E-state index in [1.807, 2.05) is 79.3 Å². The highest BCUT2D eigenvalue weighted by atomic mass is 16.5. The number of carbonyl (C=O) groups is 1. The van der Waals surface area contributed by atoms with Crippen LogP contribution >= 0.6 is 0 Å². The van der Waals surface area contributed by atoms with Crippen LogP contribution in [0, 0.1) is 0 Å². The van der Waals surface area contributed by atoms with Crippen LogP contribution in [0.15, 0.2) is 36.4 Å². The topological polar surface area (TPSA) is 61.8 Å². The van der Waals surface area contributed by atoms with Gasteiger partial charge in [0.25, 0.3) is 5.91 Å². The molecule has 1 amide bonds. The molecule has 0 aliphatic carbocycles. The van der Waals surface area contributed by atoms with Gasteiger partial charge in [0.2, 0.25) is 5.88 Å². The van der Waals surface area contributed by atoms with Crippen molar-refractivity contribution in [3.63, 3.8) is 0 Å². The van der Waals surface area contributed by atoms with Crippen molar-refractivity contribution < 1.29 is 9.53 Å². The maximum atomic E-state index is 12.7. The Labute approximate surface area is 154 Å². The number of amides is 1. The number of rotatable bonds is 5. The summed E-state index contributed by atoms with van der Waals surface area (Å²) in [5.41, 5.74) is 1.77. The Kier molecular flexibility index (Phi) is 5.25. The van der Waals surface area contributed by atoms with Gasteiger partial charge in [0.15, 0.2) is 5.82 Å². The van der Waals surface area contributed by atoms with Gasteiger partial charge < -0.3 is 19.4 Å². The molecule has 0 N–H and O–H groups in total. The molecule has 1 aliphatic rings. The fraction of sp³-hybridized carbons (Fsp3) is 0.421. The molecule has 1 atom stereocenters. The Morgan fingerprint density at radius 2 is 1.77 bits per heavy atom. The first kappa shape index (κ1) is 18.0. The SMILES string of the molecule is CN(C)c1ccc(C(=O)N2CCC(Oc3ccc(N(C)C)nn3)C2)cc1. The Morgan fingerprint density at radius 3 is 2.35 bits per heavy atom. The first-order chi connectivity index (χ1) is 12.4. The van der Waals surface area contributed by atoms with Crippen molar-refractivity contribution in [3.8, 4) is 5.88 Å². The summed E-state index contributed by atoms with van der Waals surface area (Å²) in [6.07, 6.45) is 0.734. The standard InChI is InChI=1S/C19H25N5O2/c1-22(2)15-7-5-14(6-8-15)19(25)24-12-11-16(13-24)26-18-10-9-17(20-21-18)23(3)4/h5-10,16H,11-13H2,1-4H3. The molecule has 0 bridgehead atoms. The fourth-order valence-corrected chi connectivity index (χ4v) is 2.88. The van der Waals surface area contributed by atoms with Gasteiger partial charge in [-0.05, 0) is 30.3 Å². The maximum absolute atomic E-state index is 12.7. The summed E-state index contributed by atoms with van der Waals surface area (Å²) in [5, 5.41) is 8.21. The number of benzene rings is 1. The lowest BCUT2D eigenvalue weighted by atomic mass is 10.2. The number of hydrogen-bond acceptors (Lipinski definition) is 6. The van der Waals surface area contributed by atoms with E-state index in [0.717, 1.165) is 17.9 Å². The molecule has 0 spiro atoms. The first-order valence-electron chi connectivity index (χ1n) is 8.68. The van der Waals surface area contributed by atoms with E-state index >= 15 is 0 Å². The summed E-state index contributed by atoms with van der Waals surface area (Å²) in [4.78, 5) is 18.4. The minimum Gasteiger partial charge on any atom is -0.471 e. The van der Waals surface area contributed by atoms with Gasteiger partial charge >= 0.3 is 0 Å². The minimum atomic E-state index is -0.0560. The van der Waals surface area contributed by atoms with Crippen molar-refractivity contribution in [2.24, 2.45) is 0 Å². The predicted molar refractivity (Wildman–Crippen MR) is 102 cm³/mol. The largest absolute Gasteiger partial charge is 0.471 e. The van der Waals surface area contributed by atoms with Crippen LogP contribution in [0.1, 0.15) is 16.8 Å². The average Bonchev–Trinajstić information content (AvgIpc) is 3.10. The van der Waals surface area contributed by atoms with Gasteiger partial charge in [-0.25, -0.2) is 0 Å². The molecule has 26 heavy (non-hydrogen) atoms. The van der Waals surface area contributed by atoms with E-state index in [4.69, 9.17) is 4.74 Å². The lowest BCUT2D eigenvalue weighted by Crippen LogP contribution is -2.31. The second kappa shape index (κ2) is 7.59. The molecule has 1 saturated heterocycles. The Morgan fingerprint density at radius 1 is 1.04 bits per heavy atom. The van der Waals surface area contributed by atoms with Crippen molar-refractivity contribution in [3.05, 3.63) is 42.0 Å². The zero-order chi connectivity index (χ0) is 18.7. The highest BCUT2D eigenvalue weighted by Gasteiger charge is 2.28. The van der Waals surface area contributed by atoms with Crippen molar-refractivity contribution in [1.82, 2.24) is 15.1 Å². The van der Waals surface area contributed by atoms with Gasteiger partial charge in [-0.15, -0.1) is 10.2 Å². The lowest BCUT2D eigenvalue weighted by Gasteiger charge is -2.18. The highest BCUT2D eigenvalue weighted by Crippen LogP contribution is 2.20. The summed E-state index contributed by atoms with van der Waals surface area (Å²) in [6.45, 7) is 1.24. The van der Waals surface area contributed by atoms with Crippen molar-refractivity contribution >= 4 is 17.4 Å². The highest BCUT2D eigenvalue weighted by molar-refractivity contribution is 5.94. The Bertz CT molecular complexity index is 744. The van der Waals surface area contributed by atoms with E-state index in [9.17, 15) is 4.79 Å². The third kappa shape index (κ3) is 4.04. The second-order valence-corrected chi connectivity index (χ2v) is 6.85. The smallest absolute Gasteiger partial charge is 0.253 e. The molecular weight excluding hydrogens is 330 g/mol. The van der Waals surface area contributed by atoms with Crippen LogP contribution in [0.5, 0.6) is 5.88 Å². The average molecular weight is 355 g/mol. The van der Waals surface area contributed by atoms with Crippen LogP contribution in [0.3, 0.4) is 0 Å². The van der Waals surface area contributed by atoms with Crippen LogP contribution < -0.4 is 14.5 Å². The number of nitrogens with zero attached hydrogens (tertiary/aromatic N) is 5. The van der Waals surface area contributed by atoms with Crippen molar-refractivity contribution in [2.75, 3.05) is 51.1 Å². The lowest BCUT2D eigenvalue weighted by molar-refractivity contribution is 0.0771. The summed E-state index contributed by atoms with van der Waals surface area (Å²) in [5.74, 6) is 1.31. The van der Waals surface area contributed by atoms with Gasteiger partial charge in [-0.2, -0.15) is 0 Å². The van der Waals surface area contributed by atoms with Gasteiger partial charge in [0.05, 0.1) is 6.54 Å². The molecule has 1 fully saturated rings. The molecular formula is C19H25N5O2. The Hall–Kier alpha value is -2.83. The van der Waals surface area contributed by atoms with Crippen LogP contribution in [0.2, 0.25) is 0 Å². The molecule has 1 unspecified atom stereocenters. The van der Waals surface area contributed by atoms with Crippen LogP contribution in [0.4, 0.5) is 11.5 Å². The van der Waals surface area contributed by atoms with E-state index in [1.54, 1.807) is 0 Å². The molecule has 138 valence electrons. The van der Waals surface area contributed by atoms with Crippen molar-refractivity contribution in [2.45, 2.75) is 12.5 Å². The van der Waals surface area contributed by atoms with E-state index in [2.05, 4.69) is 10.2 Å². The molecule has 1 aromatic carbocycles. The molecule has 0 radical (unpaired) electrons. The number of hydrogen-bond donors (Lipinski definition) is 0. The van der Waals surface area contributed by atoms with Gasteiger partial charge in [0.1, 0.15) is 6.10 Å². The fourth-order valence-electron chi connectivity index (χ4n) is 2.88. The Balaban J connectivity index is 1.58. The molecule has 3 rings (SSSR count). The molecule has 7 heteroatoms. The summed E-state index contributed by atoms with van der Waals surface area (Å²) >= 11 is 0. The van der Waals surface area contributed by atoms with Gasteiger partial charge in [-0.1, -0.05) is 0 Å². The predicted octanol–water partition coefficient (Wildman–Crippen LogP) is 1.90.